The normalized spacial score (nSPS) is 27.4. The van der Waals surface area contributed by atoms with E-state index < -0.39 is 0 Å². The molecule has 0 aromatic heterocycles. The first-order valence-electron chi connectivity index (χ1n) is 7.54. The van der Waals surface area contributed by atoms with Crippen molar-refractivity contribution in [3.63, 3.8) is 0 Å². The summed E-state index contributed by atoms with van der Waals surface area (Å²) in [5.74, 6) is 0.656. The minimum Gasteiger partial charge on any atom is -0.380 e. The smallest absolute Gasteiger partial charge is 0.0591 e. The summed E-state index contributed by atoms with van der Waals surface area (Å²) in [7, 11) is 0. The lowest BCUT2D eigenvalue weighted by Crippen LogP contribution is -2.54. The zero-order valence-corrected chi connectivity index (χ0v) is 11.6. The van der Waals surface area contributed by atoms with Crippen LogP contribution in [0.25, 0.3) is 0 Å². The fraction of sp³-hybridized carbons (Fsp3) is 1.00. The Morgan fingerprint density at radius 2 is 1.94 bits per heavy atom. The van der Waals surface area contributed by atoms with Gasteiger partial charge in [0.1, 0.15) is 0 Å². The van der Waals surface area contributed by atoms with Crippen LogP contribution >= 0.6 is 0 Å². The Balaban J connectivity index is 1.59. The molecule has 2 fully saturated rings. The van der Waals surface area contributed by atoms with Crippen LogP contribution in [0.4, 0.5) is 0 Å². The van der Waals surface area contributed by atoms with Crippen LogP contribution in [-0.2, 0) is 4.74 Å². The SMILES string of the molecule is CC(C)COCCNC1CCC12CCCCC2. The van der Waals surface area contributed by atoms with E-state index in [9.17, 15) is 0 Å². The maximum Gasteiger partial charge on any atom is 0.0591 e. The van der Waals surface area contributed by atoms with Gasteiger partial charge in [-0.3, -0.25) is 0 Å². The van der Waals surface area contributed by atoms with E-state index >= 15 is 0 Å². The van der Waals surface area contributed by atoms with Crippen molar-refractivity contribution in [2.45, 2.75) is 64.8 Å². The highest BCUT2D eigenvalue weighted by Gasteiger charge is 2.46. The molecule has 2 nitrogen and oxygen atoms in total. The molecule has 100 valence electrons. The molecule has 2 aliphatic carbocycles. The van der Waals surface area contributed by atoms with Gasteiger partial charge in [-0.15, -0.1) is 0 Å². The van der Waals surface area contributed by atoms with E-state index in [0.717, 1.165) is 25.8 Å². The van der Waals surface area contributed by atoms with E-state index in [4.69, 9.17) is 4.74 Å². The lowest BCUT2D eigenvalue weighted by atomic mass is 9.57. The molecular weight excluding hydrogens is 210 g/mol. The predicted octanol–water partition coefficient (Wildman–Crippen LogP) is 3.36. The first kappa shape index (κ1) is 13.4. The van der Waals surface area contributed by atoms with Gasteiger partial charge < -0.3 is 10.1 Å². The van der Waals surface area contributed by atoms with Gasteiger partial charge in [0.2, 0.25) is 0 Å². The molecule has 0 amide bonds. The number of rotatable bonds is 6. The van der Waals surface area contributed by atoms with Crippen LogP contribution in [0.15, 0.2) is 0 Å². The lowest BCUT2D eigenvalue weighted by molar-refractivity contribution is 0.0166. The van der Waals surface area contributed by atoms with Crippen LogP contribution in [0.2, 0.25) is 0 Å². The molecule has 2 heteroatoms. The summed E-state index contributed by atoms with van der Waals surface area (Å²) in [5, 5.41) is 3.73. The number of hydrogen-bond donors (Lipinski definition) is 1. The van der Waals surface area contributed by atoms with Gasteiger partial charge in [-0.1, -0.05) is 33.1 Å². The summed E-state index contributed by atoms with van der Waals surface area (Å²) >= 11 is 0. The molecular formula is C15H29NO. The van der Waals surface area contributed by atoms with Gasteiger partial charge in [-0.25, -0.2) is 0 Å². The van der Waals surface area contributed by atoms with Gasteiger partial charge in [0.25, 0.3) is 0 Å². The maximum absolute atomic E-state index is 5.63. The highest BCUT2D eigenvalue weighted by molar-refractivity contribution is 5.01. The molecule has 1 spiro atoms. The quantitative estimate of drug-likeness (QED) is 0.718. The molecule has 2 rings (SSSR count). The fourth-order valence-electron chi connectivity index (χ4n) is 3.49. The first-order chi connectivity index (χ1) is 8.23. The van der Waals surface area contributed by atoms with E-state index in [-0.39, 0.29) is 0 Å². The van der Waals surface area contributed by atoms with Crippen molar-refractivity contribution in [1.82, 2.24) is 5.32 Å². The van der Waals surface area contributed by atoms with Crippen LogP contribution in [0.5, 0.6) is 0 Å². The van der Waals surface area contributed by atoms with Crippen molar-refractivity contribution in [3.05, 3.63) is 0 Å². The molecule has 1 N–H and O–H groups in total. The molecule has 0 aromatic carbocycles. The zero-order chi connectivity index (χ0) is 12.1. The van der Waals surface area contributed by atoms with Crippen molar-refractivity contribution >= 4 is 0 Å². The van der Waals surface area contributed by atoms with Gasteiger partial charge >= 0.3 is 0 Å². The fourth-order valence-corrected chi connectivity index (χ4v) is 3.49. The van der Waals surface area contributed by atoms with E-state index in [1.165, 1.54) is 44.9 Å². The minimum absolute atomic E-state index is 0.656. The molecule has 0 aliphatic heterocycles. The lowest BCUT2D eigenvalue weighted by Gasteiger charge is -2.52. The Bertz CT molecular complexity index is 221. The summed E-state index contributed by atoms with van der Waals surface area (Å²) < 4.78 is 5.63. The molecule has 1 atom stereocenters. The second-order valence-electron chi connectivity index (χ2n) is 6.44. The zero-order valence-electron chi connectivity index (χ0n) is 11.6. The van der Waals surface area contributed by atoms with E-state index in [0.29, 0.717) is 11.3 Å². The van der Waals surface area contributed by atoms with Gasteiger partial charge in [0.05, 0.1) is 6.61 Å². The summed E-state index contributed by atoms with van der Waals surface area (Å²) in [4.78, 5) is 0. The molecule has 0 bridgehead atoms. The standard InChI is InChI=1S/C15H29NO/c1-13(2)12-17-11-10-16-14-6-9-15(14)7-4-3-5-8-15/h13-14,16H,3-12H2,1-2H3. The number of ether oxygens (including phenoxy) is 1. The Kier molecular flexibility index (Phi) is 4.87. The van der Waals surface area contributed by atoms with Crippen molar-refractivity contribution in [1.29, 1.82) is 0 Å². The third-order valence-corrected chi connectivity index (χ3v) is 4.61. The Morgan fingerprint density at radius 3 is 2.53 bits per heavy atom. The van der Waals surface area contributed by atoms with Crippen LogP contribution in [0.3, 0.4) is 0 Å². The second kappa shape index (κ2) is 6.19. The van der Waals surface area contributed by atoms with Gasteiger partial charge in [0, 0.05) is 19.2 Å². The summed E-state index contributed by atoms with van der Waals surface area (Å²) in [5.41, 5.74) is 0.691. The average molecular weight is 239 g/mol. The minimum atomic E-state index is 0.656. The average Bonchev–Trinajstić information content (AvgIpc) is 2.33. The monoisotopic (exact) mass is 239 g/mol. The summed E-state index contributed by atoms with van der Waals surface area (Å²) in [6.45, 7) is 7.23. The van der Waals surface area contributed by atoms with Gasteiger partial charge in [0.15, 0.2) is 0 Å². The van der Waals surface area contributed by atoms with Crippen LogP contribution in [0, 0.1) is 11.3 Å². The molecule has 1 unspecified atom stereocenters. The van der Waals surface area contributed by atoms with E-state index in [1.54, 1.807) is 0 Å². The number of nitrogens with one attached hydrogen (secondary N) is 1. The van der Waals surface area contributed by atoms with Gasteiger partial charge in [-0.2, -0.15) is 0 Å². The molecule has 0 aromatic rings. The molecule has 0 saturated heterocycles. The molecule has 2 aliphatic rings. The van der Waals surface area contributed by atoms with Crippen molar-refractivity contribution < 1.29 is 4.74 Å². The highest BCUT2D eigenvalue weighted by Crippen LogP contribution is 2.51. The maximum atomic E-state index is 5.63. The van der Waals surface area contributed by atoms with Crippen molar-refractivity contribution in [2.24, 2.45) is 11.3 Å². The Morgan fingerprint density at radius 1 is 1.18 bits per heavy atom. The van der Waals surface area contributed by atoms with Crippen molar-refractivity contribution in [3.8, 4) is 0 Å². The summed E-state index contributed by atoms with van der Waals surface area (Å²) in [6, 6.07) is 0.797. The van der Waals surface area contributed by atoms with Crippen LogP contribution < -0.4 is 5.32 Å². The third-order valence-electron chi connectivity index (χ3n) is 4.61. The molecule has 2 saturated carbocycles. The highest BCUT2D eigenvalue weighted by atomic mass is 16.5. The largest absolute Gasteiger partial charge is 0.380 e. The Labute approximate surface area is 107 Å². The molecule has 0 radical (unpaired) electrons. The topological polar surface area (TPSA) is 21.3 Å². The van der Waals surface area contributed by atoms with Crippen molar-refractivity contribution in [2.75, 3.05) is 19.8 Å². The van der Waals surface area contributed by atoms with Gasteiger partial charge in [-0.05, 0) is 37.0 Å². The summed E-state index contributed by atoms with van der Waals surface area (Å²) in [6.07, 6.45) is 10.2. The predicted molar refractivity (Wildman–Crippen MR) is 72.2 cm³/mol. The molecule has 0 heterocycles. The van der Waals surface area contributed by atoms with Crippen LogP contribution in [-0.4, -0.2) is 25.8 Å². The molecule has 17 heavy (non-hydrogen) atoms. The second-order valence-corrected chi connectivity index (χ2v) is 6.44. The van der Waals surface area contributed by atoms with Crippen LogP contribution in [0.1, 0.15) is 58.8 Å². The third kappa shape index (κ3) is 3.45. The van der Waals surface area contributed by atoms with E-state index in [2.05, 4.69) is 19.2 Å². The Hall–Kier alpha value is -0.0800. The first-order valence-corrected chi connectivity index (χ1v) is 7.54. The van der Waals surface area contributed by atoms with E-state index in [1.807, 2.05) is 0 Å². The number of hydrogen-bond acceptors (Lipinski definition) is 2.